The van der Waals surface area contributed by atoms with Gasteiger partial charge < -0.3 is 19.4 Å². The van der Waals surface area contributed by atoms with E-state index < -0.39 is 0 Å². The number of methoxy groups -OCH3 is 1. The van der Waals surface area contributed by atoms with Crippen LogP contribution in [-0.2, 0) is 9.53 Å². The van der Waals surface area contributed by atoms with E-state index in [9.17, 15) is 9.59 Å². The van der Waals surface area contributed by atoms with Crippen LogP contribution < -0.4 is 5.32 Å². The molecule has 1 aromatic rings. The summed E-state index contributed by atoms with van der Waals surface area (Å²) in [5.74, 6) is 1.45. The van der Waals surface area contributed by atoms with Crippen LogP contribution in [0.15, 0.2) is 10.5 Å². The van der Waals surface area contributed by atoms with Gasteiger partial charge in [-0.3, -0.25) is 4.79 Å². The average Bonchev–Trinajstić information content (AvgIpc) is 2.85. The molecule has 0 saturated carbocycles. The van der Waals surface area contributed by atoms with Gasteiger partial charge in [0.2, 0.25) is 0 Å². The first-order valence-electron chi connectivity index (χ1n) is 8.03. The molecule has 0 aromatic carbocycles. The number of ether oxygens (including phenoxy) is 1. The summed E-state index contributed by atoms with van der Waals surface area (Å²) in [4.78, 5) is 25.9. The molecule has 1 aliphatic rings. The van der Waals surface area contributed by atoms with Crippen LogP contribution in [0, 0.1) is 25.7 Å². The highest BCUT2D eigenvalue weighted by molar-refractivity contribution is 5.76. The Bertz CT molecular complexity index is 581. The maximum atomic E-state index is 12.5. The third-order valence-electron chi connectivity index (χ3n) is 4.58. The van der Waals surface area contributed by atoms with Crippen molar-refractivity contribution in [1.29, 1.82) is 0 Å². The van der Waals surface area contributed by atoms with Gasteiger partial charge in [-0.2, -0.15) is 0 Å². The second kappa shape index (κ2) is 7.06. The average molecular weight is 322 g/mol. The summed E-state index contributed by atoms with van der Waals surface area (Å²) in [5, 5.41) is 3.01. The molecule has 1 fully saturated rings. The number of furan rings is 1. The Kier molecular flexibility index (Phi) is 5.34. The Morgan fingerprint density at radius 2 is 2.13 bits per heavy atom. The highest BCUT2D eigenvalue weighted by atomic mass is 16.5. The molecule has 0 radical (unpaired) electrons. The van der Waals surface area contributed by atoms with Crippen molar-refractivity contribution in [3.63, 3.8) is 0 Å². The molecule has 1 aliphatic heterocycles. The van der Waals surface area contributed by atoms with Crippen LogP contribution in [0.2, 0.25) is 0 Å². The number of hydrogen-bond acceptors (Lipinski definition) is 4. The van der Waals surface area contributed by atoms with E-state index in [1.165, 1.54) is 7.11 Å². The lowest BCUT2D eigenvalue weighted by Crippen LogP contribution is -2.49. The Balaban J connectivity index is 1.94. The first kappa shape index (κ1) is 17.4. The Labute approximate surface area is 137 Å². The standard InChI is InChI=1S/C17H26N2O4/c1-10-9-19(7-6-14(10)16(20)22-5)17(21)18-12(3)15-8-11(2)23-13(15)4/h8,10,12,14H,6-7,9H2,1-5H3,(H,18,21)/t10-,12+,14+/m0/s1. The van der Waals surface area contributed by atoms with Gasteiger partial charge in [-0.05, 0) is 39.2 Å². The number of carbonyl (C=O) groups is 2. The summed E-state index contributed by atoms with van der Waals surface area (Å²) < 4.78 is 10.3. The maximum absolute atomic E-state index is 12.5. The minimum atomic E-state index is -0.185. The molecule has 6 heteroatoms. The third kappa shape index (κ3) is 3.86. The van der Waals surface area contributed by atoms with E-state index in [1.54, 1.807) is 4.90 Å². The summed E-state index contributed by atoms with van der Waals surface area (Å²) in [6, 6.07) is 1.73. The van der Waals surface area contributed by atoms with Gasteiger partial charge in [-0.1, -0.05) is 6.92 Å². The van der Waals surface area contributed by atoms with Gasteiger partial charge in [0.25, 0.3) is 0 Å². The summed E-state index contributed by atoms with van der Waals surface area (Å²) >= 11 is 0. The highest BCUT2D eigenvalue weighted by Gasteiger charge is 2.34. The number of carbonyl (C=O) groups excluding carboxylic acids is 2. The molecule has 1 saturated heterocycles. The monoisotopic (exact) mass is 322 g/mol. The van der Waals surface area contributed by atoms with Crippen LogP contribution in [0.5, 0.6) is 0 Å². The number of aryl methyl sites for hydroxylation is 2. The number of rotatable bonds is 3. The number of nitrogens with one attached hydrogen (secondary N) is 1. The number of nitrogens with zero attached hydrogens (tertiary/aromatic N) is 1. The van der Waals surface area contributed by atoms with Crippen LogP contribution in [0.3, 0.4) is 0 Å². The molecule has 2 amide bonds. The third-order valence-corrected chi connectivity index (χ3v) is 4.58. The normalized spacial score (nSPS) is 22.6. The molecular weight excluding hydrogens is 296 g/mol. The van der Waals surface area contributed by atoms with E-state index >= 15 is 0 Å². The van der Waals surface area contributed by atoms with E-state index in [-0.39, 0.29) is 29.9 Å². The van der Waals surface area contributed by atoms with Crippen molar-refractivity contribution in [2.45, 2.75) is 40.2 Å². The molecule has 2 rings (SSSR count). The molecule has 0 aliphatic carbocycles. The van der Waals surface area contributed by atoms with Crippen molar-refractivity contribution in [2.24, 2.45) is 11.8 Å². The smallest absolute Gasteiger partial charge is 0.317 e. The number of hydrogen-bond donors (Lipinski definition) is 1. The van der Waals surface area contributed by atoms with Crippen molar-refractivity contribution >= 4 is 12.0 Å². The molecular formula is C17H26N2O4. The van der Waals surface area contributed by atoms with Crippen molar-refractivity contribution in [3.05, 3.63) is 23.2 Å². The number of urea groups is 1. The second-order valence-corrected chi connectivity index (χ2v) is 6.38. The second-order valence-electron chi connectivity index (χ2n) is 6.38. The van der Waals surface area contributed by atoms with Gasteiger partial charge in [0.1, 0.15) is 11.5 Å². The van der Waals surface area contributed by atoms with Crippen molar-refractivity contribution in [1.82, 2.24) is 10.2 Å². The fourth-order valence-electron chi connectivity index (χ4n) is 3.27. The molecule has 1 N–H and O–H groups in total. The fraction of sp³-hybridized carbons (Fsp3) is 0.647. The Hall–Kier alpha value is -1.98. The van der Waals surface area contributed by atoms with Crippen LogP contribution in [0.4, 0.5) is 4.79 Å². The largest absolute Gasteiger partial charge is 0.469 e. The van der Waals surface area contributed by atoms with Crippen molar-refractivity contribution in [2.75, 3.05) is 20.2 Å². The van der Waals surface area contributed by atoms with Crippen molar-refractivity contribution in [3.8, 4) is 0 Å². The number of piperidine rings is 1. The van der Waals surface area contributed by atoms with Gasteiger partial charge in [0.05, 0.1) is 19.1 Å². The Morgan fingerprint density at radius 1 is 1.43 bits per heavy atom. The van der Waals surface area contributed by atoms with Gasteiger partial charge in [0.15, 0.2) is 0 Å². The van der Waals surface area contributed by atoms with E-state index in [0.717, 1.165) is 17.1 Å². The van der Waals surface area contributed by atoms with E-state index in [0.29, 0.717) is 19.5 Å². The summed E-state index contributed by atoms with van der Waals surface area (Å²) in [7, 11) is 1.41. The van der Waals surface area contributed by atoms with E-state index in [1.807, 2.05) is 33.8 Å². The van der Waals surface area contributed by atoms with Gasteiger partial charge >= 0.3 is 12.0 Å². The molecule has 0 bridgehead atoms. The summed E-state index contributed by atoms with van der Waals surface area (Å²) in [5.41, 5.74) is 0.994. The summed E-state index contributed by atoms with van der Waals surface area (Å²) in [6.07, 6.45) is 0.638. The van der Waals surface area contributed by atoms with Crippen LogP contribution in [-0.4, -0.2) is 37.1 Å². The molecule has 3 atom stereocenters. The zero-order valence-corrected chi connectivity index (χ0v) is 14.5. The molecule has 1 aromatic heterocycles. The van der Waals surface area contributed by atoms with Gasteiger partial charge in [0, 0.05) is 18.7 Å². The van der Waals surface area contributed by atoms with Gasteiger partial charge in [-0.15, -0.1) is 0 Å². The fourth-order valence-corrected chi connectivity index (χ4v) is 3.27. The molecule has 0 spiro atoms. The quantitative estimate of drug-likeness (QED) is 0.869. The lowest BCUT2D eigenvalue weighted by molar-refractivity contribution is -0.148. The molecule has 128 valence electrons. The minimum Gasteiger partial charge on any atom is -0.469 e. The number of esters is 1. The lowest BCUT2D eigenvalue weighted by Gasteiger charge is -2.36. The zero-order chi connectivity index (χ0) is 17.1. The number of likely N-dealkylation sites (tertiary alicyclic amines) is 1. The highest BCUT2D eigenvalue weighted by Crippen LogP contribution is 2.25. The molecule has 2 heterocycles. The topological polar surface area (TPSA) is 71.8 Å². The summed E-state index contributed by atoms with van der Waals surface area (Å²) in [6.45, 7) is 8.83. The Morgan fingerprint density at radius 3 is 2.65 bits per heavy atom. The minimum absolute atomic E-state index is 0.0927. The number of amides is 2. The van der Waals surface area contributed by atoms with E-state index in [4.69, 9.17) is 9.15 Å². The van der Waals surface area contributed by atoms with Crippen molar-refractivity contribution < 1.29 is 18.7 Å². The molecule has 0 unspecified atom stereocenters. The maximum Gasteiger partial charge on any atom is 0.317 e. The first-order chi connectivity index (χ1) is 10.8. The zero-order valence-electron chi connectivity index (χ0n) is 14.5. The predicted octanol–water partition coefficient (Wildman–Crippen LogP) is 2.80. The first-order valence-corrected chi connectivity index (χ1v) is 8.03. The van der Waals surface area contributed by atoms with Gasteiger partial charge in [-0.25, -0.2) is 4.79 Å². The SMILES string of the molecule is COC(=O)[C@@H]1CCN(C(=O)N[C@H](C)c2cc(C)oc2C)C[C@@H]1C. The van der Waals surface area contributed by atoms with Crippen LogP contribution in [0.25, 0.3) is 0 Å². The molecule has 6 nitrogen and oxygen atoms in total. The molecule has 23 heavy (non-hydrogen) atoms. The van der Waals surface area contributed by atoms with E-state index in [2.05, 4.69) is 5.32 Å². The van der Waals surface area contributed by atoms with Crippen LogP contribution >= 0.6 is 0 Å². The van der Waals surface area contributed by atoms with Crippen LogP contribution in [0.1, 0.15) is 43.4 Å². The lowest BCUT2D eigenvalue weighted by atomic mass is 9.87. The predicted molar refractivity (Wildman–Crippen MR) is 86.0 cm³/mol.